The Morgan fingerprint density at radius 1 is 0.589 bits per heavy atom. The minimum Gasteiger partial charge on any atom is -0.397 e. The van der Waals surface area contributed by atoms with Gasteiger partial charge in [-0.25, -0.2) is 0 Å². The van der Waals surface area contributed by atoms with Gasteiger partial charge in [0.1, 0.15) is 21.2 Å². The summed E-state index contributed by atoms with van der Waals surface area (Å²) in [6, 6.07) is 31.0. The summed E-state index contributed by atoms with van der Waals surface area (Å²) >= 11 is 0. The molecule has 6 aromatic rings. The first-order chi connectivity index (χ1) is 26.5. The Morgan fingerprint density at radius 2 is 1.11 bits per heavy atom. The highest BCUT2D eigenvalue weighted by Crippen LogP contribution is 2.39. The zero-order chi connectivity index (χ0) is 40.2. The first kappa shape index (κ1) is 38.7. The summed E-state index contributed by atoms with van der Waals surface area (Å²) in [5.74, 6) is 0. The van der Waals surface area contributed by atoms with E-state index < -0.39 is 40.6 Å². The van der Waals surface area contributed by atoms with Crippen LogP contribution in [-0.4, -0.2) is 30.9 Å². The number of non-ortho nitro benzene ring substituents is 1. The van der Waals surface area contributed by atoms with Crippen molar-refractivity contribution in [1.82, 2.24) is 0 Å². The average Bonchev–Trinajstić information content (AvgIpc) is 3.15. The molecule has 0 amide bonds. The maximum absolute atomic E-state index is 12.5. The normalized spacial score (nSPS) is 11.9. The van der Waals surface area contributed by atoms with Crippen LogP contribution in [0.2, 0.25) is 0 Å². The van der Waals surface area contributed by atoms with Crippen molar-refractivity contribution in [2.24, 2.45) is 20.5 Å². The maximum Gasteiger partial charge on any atom is 0.296 e. The molecule has 0 spiro atoms. The van der Waals surface area contributed by atoms with Gasteiger partial charge in [-0.1, -0.05) is 23.8 Å². The third-order valence-corrected chi connectivity index (χ3v) is 9.89. The first-order valence-electron chi connectivity index (χ1n) is 16.2. The summed E-state index contributed by atoms with van der Waals surface area (Å²) in [5.41, 5.74) is 16.5. The fourth-order valence-electron chi connectivity index (χ4n) is 5.25. The van der Waals surface area contributed by atoms with Gasteiger partial charge in [-0.3, -0.25) is 19.2 Å². The number of anilines is 6. The van der Waals surface area contributed by atoms with Crippen LogP contribution in [0.5, 0.6) is 0 Å². The van der Waals surface area contributed by atoms with Crippen LogP contribution in [0.25, 0.3) is 11.1 Å². The Labute approximate surface area is 320 Å². The molecule has 0 radical (unpaired) electrons. The summed E-state index contributed by atoms with van der Waals surface area (Å²) in [6.07, 6.45) is 0. The standard InChI is InChI=1S/C37H31N9O8S2/c1-22-2-5-24(6-3-22)40-25-7-11-27(12-8-25)42-44-34-18-23(4-16-31(34)38)30-20-35(32(39)21-36(30)55(49,50)51)45-43-28-13-9-26(10-14-28)41-33-17-15-29(46(47)48)19-37(33)56(52,53)54/h2-21,40-41H,38-39H2,1H3,(H,49,50,51)(H,52,53,54). The Bertz CT molecular complexity index is 2740. The van der Waals surface area contributed by atoms with Crippen LogP contribution in [0, 0.1) is 17.0 Å². The van der Waals surface area contributed by atoms with E-state index in [0.29, 0.717) is 22.6 Å². The molecule has 0 bridgehead atoms. The molecule has 6 aromatic carbocycles. The number of nitrogens with one attached hydrogen (secondary N) is 2. The molecule has 0 unspecified atom stereocenters. The van der Waals surface area contributed by atoms with Crippen molar-refractivity contribution in [2.75, 3.05) is 22.1 Å². The second-order valence-electron chi connectivity index (χ2n) is 12.2. The summed E-state index contributed by atoms with van der Waals surface area (Å²) < 4.78 is 68.4. The fourth-order valence-corrected chi connectivity index (χ4v) is 6.65. The van der Waals surface area contributed by atoms with Crippen LogP contribution in [0.15, 0.2) is 152 Å². The van der Waals surface area contributed by atoms with E-state index in [-0.39, 0.29) is 34.0 Å². The molecule has 8 N–H and O–H groups in total. The highest BCUT2D eigenvalue weighted by molar-refractivity contribution is 7.86. The maximum atomic E-state index is 12.5. The second kappa shape index (κ2) is 15.7. The molecule has 17 nitrogen and oxygen atoms in total. The van der Waals surface area contributed by atoms with E-state index in [4.69, 9.17) is 11.5 Å². The third kappa shape index (κ3) is 9.35. The van der Waals surface area contributed by atoms with Gasteiger partial charge in [-0.15, -0.1) is 10.2 Å². The number of hydrogen-bond acceptors (Lipinski definition) is 14. The number of benzene rings is 6. The van der Waals surface area contributed by atoms with Gasteiger partial charge in [0.25, 0.3) is 25.9 Å². The number of nitro groups is 1. The van der Waals surface area contributed by atoms with E-state index in [1.54, 1.807) is 12.1 Å². The molecular formula is C37H31N9O8S2. The van der Waals surface area contributed by atoms with Crippen LogP contribution in [0.1, 0.15) is 5.56 Å². The van der Waals surface area contributed by atoms with Crippen LogP contribution in [0.4, 0.5) is 62.6 Å². The second-order valence-corrected chi connectivity index (χ2v) is 15.0. The molecule has 0 heterocycles. The van der Waals surface area contributed by atoms with Gasteiger partial charge in [-0.2, -0.15) is 27.1 Å². The Balaban J connectivity index is 1.24. The summed E-state index contributed by atoms with van der Waals surface area (Å²) in [4.78, 5) is 9.12. The van der Waals surface area contributed by atoms with Gasteiger partial charge in [0, 0.05) is 34.8 Å². The van der Waals surface area contributed by atoms with E-state index in [9.17, 15) is 36.1 Å². The number of nitro benzene ring substituents is 1. The van der Waals surface area contributed by atoms with Crippen molar-refractivity contribution >= 4 is 82.8 Å². The molecule has 0 aliphatic rings. The van der Waals surface area contributed by atoms with Crippen LogP contribution < -0.4 is 22.1 Å². The molecule has 0 saturated carbocycles. The zero-order valence-corrected chi connectivity index (χ0v) is 30.7. The number of hydrogen-bond donors (Lipinski definition) is 6. The molecule has 0 aromatic heterocycles. The van der Waals surface area contributed by atoms with Gasteiger partial charge >= 0.3 is 0 Å². The van der Waals surface area contributed by atoms with E-state index in [1.807, 2.05) is 43.3 Å². The monoisotopic (exact) mass is 793 g/mol. The quantitative estimate of drug-likeness (QED) is 0.0222. The smallest absolute Gasteiger partial charge is 0.296 e. The third-order valence-electron chi connectivity index (χ3n) is 8.10. The SMILES string of the molecule is Cc1ccc(Nc2ccc(N=Nc3cc(-c4cc(N=Nc5ccc(Nc6ccc([N+](=O)[O-])cc6S(=O)(=O)O)cc5)c(N)cc4S(=O)(=O)O)ccc3N)cc2)cc1. The number of rotatable bonds is 12. The molecular weight excluding hydrogens is 763 g/mol. The topological polar surface area (TPSA) is 277 Å². The predicted octanol–water partition coefficient (Wildman–Crippen LogP) is 9.55. The van der Waals surface area contributed by atoms with Crippen molar-refractivity contribution in [3.05, 3.63) is 137 Å². The molecule has 0 saturated heterocycles. The van der Waals surface area contributed by atoms with E-state index >= 15 is 0 Å². The number of nitrogen functional groups attached to an aromatic ring is 2. The predicted molar refractivity (Wildman–Crippen MR) is 212 cm³/mol. The molecule has 0 aliphatic heterocycles. The van der Waals surface area contributed by atoms with Crippen molar-refractivity contribution < 1.29 is 30.9 Å². The summed E-state index contributed by atoms with van der Waals surface area (Å²) in [5, 5.41) is 34.1. The molecule has 0 fully saturated rings. The number of nitrogens with two attached hydrogens (primary N) is 2. The zero-order valence-electron chi connectivity index (χ0n) is 29.1. The fraction of sp³-hybridized carbons (Fsp3) is 0.0270. The Hall–Kier alpha value is -7.06. The molecule has 0 atom stereocenters. The largest absolute Gasteiger partial charge is 0.397 e. The highest BCUT2D eigenvalue weighted by Gasteiger charge is 2.22. The lowest BCUT2D eigenvalue weighted by Crippen LogP contribution is -2.04. The average molecular weight is 794 g/mol. The van der Waals surface area contributed by atoms with Gasteiger partial charge in [0.05, 0.1) is 33.4 Å². The van der Waals surface area contributed by atoms with E-state index in [0.717, 1.165) is 41.2 Å². The number of nitrogens with zero attached hydrogens (tertiary/aromatic N) is 5. The van der Waals surface area contributed by atoms with Crippen molar-refractivity contribution in [3.63, 3.8) is 0 Å². The Morgan fingerprint density at radius 3 is 1.64 bits per heavy atom. The lowest BCUT2D eigenvalue weighted by atomic mass is 10.0. The van der Waals surface area contributed by atoms with Crippen molar-refractivity contribution in [2.45, 2.75) is 16.7 Å². The molecule has 0 aliphatic carbocycles. The van der Waals surface area contributed by atoms with Crippen LogP contribution in [-0.2, 0) is 20.2 Å². The minimum atomic E-state index is -4.81. The highest BCUT2D eigenvalue weighted by atomic mass is 32.2. The minimum absolute atomic E-state index is 0.0240. The van der Waals surface area contributed by atoms with Gasteiger partial charge < -0.3 is 22.1 Å². The molecule has 284 valence electrons. The molecule has 6 rings (SSSR count). The summed E-state index contributed by atoms with van der Waals surface area (Å²) in [7, 11) is -9.59. The van der Waals surface area contributed by atoms with Crippen molar-refractivity contribution in [1.29, 1.82) is 0 Å². The molecule has 19 heteroatoms. The van der Waals surface area contributed by atoms with Crippen LogP contribution in [0.3, 0.4) is 0 Å². The lowest BCUT2D eigenvalue weighted by molar-refractivity contribution is -0.385. The van der Waals surface area contributed by atoms with Gasteiger partial charge in [0.15, 0.2) is 0 Å². The Kier molecular flexibility index (Phi) is 10.9. The van der Waals surface area contributed by atoms with E-state index in [1.165, 1.54) is 48.5 Å². The number of azo groups is 2. The van der Waals surface area contributed by atoms with Crippen LogP contribution >= 0.6 is 0 Å². The summed E-state index contributed by atoms with van der Waals surface area (Å²) in [6.45, 7) is 2.01. The van der Waals surface area contributed by atoms with Gasteiger partial charge in [0.2, 0.25) is 0 Å². The first-order valence-corrected chi connectivity index (χ1v) is 19.1. The number of aryl methyl sites for hydroxylation is 1. The van der Waals surface area contributed by atoms with Crippen molar-refractivity contribution in [3.8, 4) is 11.1 Å². The van der Waals surface area contributed by atoms with Gasteiger partial charge in [-0.05, 0) is 103 Å². The van der Waals surface area contributed by atoms with E-state index in [2.05, 4.69) is 31.1 Å². The molecule has 56 heavy (non-hydrogen) atoms. The lowest BCUT2D eigenvalue weighted by Gasteiger charge is -2.12.